The molecule has 0 saturated heterocycles. The van der Waals surface area contributed by atoms with E-state index in [4.69, 9.17) is 11.6 Å². The fraction of sp³-hybridized carbons (Fsp3) is 0.579. The molecule has 1 heteroatoms. The average Bonchev–Trinajstić information content (AvgIpc) is 2.49. The smallest absolute Gasteiger partial charge is 0.0258 e. The fourth-order valence-electron chi connectivity index (χ4n) is 3.36. The van der Waals surface area contributed by atoms with E-state index < -0.39 is 0 Å². The molecule has 1 aromatic carbocycles. The van der Waals surface area contributed by atoms with Crippen molar-refractivity contribution in [2.45, 2.75) is 64.2 Å². The lowest BCUT2D eigenvalue weighted by Gasteiger charge is -2.29. The van der Waals surface area contributed by atoms with Crippen molar-refractivity contribution >= 4 is 11.6 Å². The second-order valence-corrected chi connectivity index (χ2v) is 6.24. The molecule has 20 heavy (non-hydrogen) atoms. The third-order valence-electron chi connectivity index (χ3n) is 4.64. The number of rotatable bonds is 5. The molecule has 0 amide bonds. The summed E-state index contributed by atoms with van der Waals surface area (Å²) in [6.07, 6.45) is 11.2. The molecule has 0 nitrogen and oxygen atoms in total. The van der Waals surface area contributed by atoms with Crippen LogP contribution in [0.15, 0.2) is 24.3 Å². The van der Waals surface area contributed by atoms with Crippen molar-refractivity contribution in [3.8, 4) is 11.3 Å². The van der Waals surface area contributed by atoms with Crippen molar-refractivity contribution in [3.63, 3.8) is 0 Å². The molecule has 0 spiro atoms. The van der Waals surface area contributed by atoms with Gasteiger partial charge in [-0.2, -0.15) is 0 Å². The van der Waals surface area contributed by atoms with Crippen LogP contribution in [0.1, 0.15) is 75.3 Å². The Morgan fingerprint density at radius 2 is 1.75 bits per heavy atom. The van der Waals surface area contributed by atoms with Crippen LogP contribution >= 0.6 is 11.6 Å². The van der Waals surface area contributed by atoms with Crippen LogP contribution in [0.4, 0.5) is 0 Å². The lowest BCUT2D eigenvalue weighted by molar-refractivity contribution is 0.303. The van der Waals surface area contributed by atoms with E-state index in [9.17, 15) is 0 Å². The van der Waals surface area contributed by atoms with Gasteiger partial charge >= 0.3 is 0 Å². The Bertz CT molecular complexity index is 441. The van der Waals surface area contributed by atoms with Crippen LogP contribution in [0.2, 0.25) is 0 Å². The van der Waals surface area contributed by atoms with E-state index >= 15 is 0 Å². The van der Waals surface area contributed by atoms with Gasteiger partial charge in [0.25, 0.3) is 0 Å². The molecule has 1 saturated carbocycles. The first-order valence-corrected chi connectivity index (χ1v) is 8.43. The van der Waals surface area contributed by atoms with Gasteiger partial charge in [-0.15, -0.1) is 0 Å². The lowest BCUT2D eigenvalue weighted by atomic mass is 9.77. The van der Waals surface area contributed by atoms with Gasteiger partial charge in [-0.1, -0.05) is 44.7 Å². The third kappa shape index (κ3) is 4.57. The summed E-state index contributed by atoms with van der Waals surface area (Å²) in [6.45, 7) is 2.29. The Morgan fingerprint density at radius 1 is 1.05 bits per heavy atom. The molecule has 0 atom stereocenters. The number of hydrogen-bond donors (Lipinski definition) is 0. The van der Waals surface area contributed by atoms with Gasteiger partial charge in [-0.25, -0.2) is 0 Å². The van der Waals surface area contributed by atoms with Gasteiger partial charge in [0.15, 0.2) is 0 Å². The minimum Gasteiger partial charge on any atom is -0.0654 e. The molecule has 1 aromatic rings. The molecule has 0 N–H and O–H groups in total. The van der Waals surface area contributed by atoms with Crippen molar-refractivity contribution in [2.75, 3.05) is 0 Å². The Hall–Kier alpha value is -0.930. The number of hydrogen-bond acceptors (Lipinski definition) is 0. The molecule has 108 valence electrons. The second kappa shape index (κ2) is 8.38. The largest absolute Gasteiger partial charge is 0.0654 e. The third-order valence-corrected chi connectivity index (χ3v) is 4.73. The van der Waals surface area contributed by atoms with E-state index in [-0.39, 0.29) is 0 Å². The quantitative estimate of drug-likeness (QED) is 0.454. The van der Waals surface area contributed by atoms with Crippen molar-refractivity contribution in [1.82, 2.24) is 0 Å². The first-order chi connectivity index (χ1) is 9.83. The molecule has 0 unspecified atom stereocenters. The van der Waals surface area contributed by atoms with Crippen LogP contribution in [0.3, 0.4) is 0 Å². The highest BCUT2D eigenvalue weighted by Crippen LogP contribution is 2.37. The maximum atomic E-state index is 5.43. The van der Waals surface area contributed by atoms with E-state index in [1.165, 1.54) is 56.9 Å². The van der Waals surface area contributed by atoms with Crippen LogP contribution in [0.5, 0.6) is 0 Å². The summed E-state index contributed by atoms with van der Waals surface area (Å²) in [5.74, 6) is 4.63. The van der Waals surface area contributed by atoms with Gasteiger partial charge in [0.2, 0.25) is 0 Å². The SMILES string of the molecule is CCCCC[C@H]1CC[C@H](c2ccc(C#CCl)cc2)CC1. The molecule has 0 radical (unpaired) electrons. The van der Waals surface area contributed by atoms with Crippen LogP contribution in [0.25, 0.3) is 0 Å². The lowest BCUT2D eigenvalue weighted by Crippen LogP contribution is -2.13. The molecular formula is C19H25Cl. The van der Waals surface area contributed by atoms with Crippen molar-refractivity contribution in [1.29, 1.82) is 0 Å². The van der Waals surface area contributed by atoms with E-state index in [0.29, 0.717) is 0 Å². The Labute approximate surface area is 128 Å². The number of benzene rings is 1. The number of halogens is 1. The molecule has 1 aliphatic rings. The van der Waals surface area contributed by atoms with Gasteiger partial charge in [-0.05, 0) is 72.7 Å². The van der Waals surface area contributed by atoms with E-state index in [2.05, 4.69) is 42.5 Å². The summed E-state index contributed by atoms with van der Waals surface area (Å²) in [5, 5.41) is 2.44. The van der Waals surface area contributed by atoms with Gasteiger partial charge in [-0.3, -0.25) is 0 Å². The molecule has 0 aromatic heterocycles. The zero-order valence-electron chi connectivity index (χ0n) is 12.5. The van der Waals surface area contributed by atoms with Crippen LogP contribution in [-0.4, -0.2) is 0 Å². The van der Waals surface area contributed by atoms with Gasteiger partial charge in [0, 0.05) is 10.9 Å². The molecule has 0 aliphatic heterocycles. The maximum absolute atomic E-state index is 5.43. The van der Waals surface area contributed by atoms with Gasteiger partial charge < -0.3 is 0 Å². The van der Waals surface area contributed by atoms with E-state index in [1.54, 1.807) is 0 Å². The molecule has 1 fully saturated rings. The van der Waals surface area contributed by atoms with Crippen LogP contribution in [0, 0.1) is 17.2 Å². The predicted molar refractivity (Wildman–Crippen MR) is 88.0 cm³/mol. The number of unbranched alkanes of at least 4 members (excludes halogenated alkanes) is 2. The Kier molecular flexibility index (Phi) is 6.48. The molecular weight excluding hydrogens is 264 g/mol. The van der Waals surface area contributed by atoms with Crippen molar-refractivity contribution in [2.24, 2.45) is 5.92 Å². The molecule has 1 aliphatic carbocycles. The summed E-state index contributed by atoms with van der Waals surface area (Å²) in [7, 11) is 0. The van der Waals surface area contributed by atoms with Gasteiger partial charge in [0.1, 0.15) is 0 Å². The van der Waals surface area contributed by atoms with Gasteiger partial charge in [0.05, 0.1) is 0 Å². The maximum Gasteiger partial charge on any atom is 0.0258 e. The monoisotopic (exact) mass is 288 g/mol. The molecule has 0 heterocycles. The minimum absolute atomic E-state index is 0.760. The molecule has 0 bridgehead atoms. The first kappa shape index (κ1) is 15.5. The highest BCUT2D eigenvalue weighted by atomic mass is 35.5. The molecule has 2 rings (SSSR count). The van der Waals surface area contributed by atoms with Crippen molar-refractivity contribution in [3.05, 3.63) is 35.4 Å². The predicted octanol–water partition coefficient (Wildman–Crippen LogP) is 6.09. The highest BCUT2D eigenvalue weighted by molar-refractivity contribution is 6.30. The van der Waals surface area contributed by atoms with Crippen molar-refractivity contribution < 1.29 is 0 Å². The van der Waals surface area contributed by atoms with E-state index in [1.807, 2.05) is 0 Å². The topological polar surface area (TPSA) is 0 Å². The summed E-state index contributed by atoms with van der Waals surface area (Å²) >= 11 is 5.43. The standard InChI is InChI=1S/C19H25Cl/c1-2-3-4-5-16-6-10-18(11-7-16)19-12-8-17(9-13-19)14-15-20/h8-9,12-13,16,18H,2-7,10-11H2,1H3/t16-,18-. The fourth-order valence-corrected chi connectivity index (χ4v) is 3.47. The average molecular weight is 289 g/mol. The van der Waals surface area contributed by atoms with E-state index in [0.717, 1.165) is 17.4 Å². The minimum atomic E-state index is 0.760. The summed E-state index contributed by atoms with van der Waals surface area (Å²) < 4.78 is 0. The highest BCUT2D eigenvalue weighted by Gasteiger charge is 2.21. The van der Waals surface area contributed by atoms with Crippen LogP contribution < -0.4 is 0 Å². The normalized spacial score (nSPS) is 22.1. The zero-order valence-corrected chi connectivity index (χ0v) is 13.3. The summed E-state index contributed by atoms with van der Waals surface area (Å²) in [4.78, 5) is 0. The Balaban J connectivity index is 1.82. The summed E-state index contributed by atoms with van der Waals surface area (Å²) in [5.41, 5.74) is 2.49. The second-order valence-electron chi connectivity index (χ2n) is 6.05. The summed E-state index contributed by atoms with van der Waals surface area (Å²) in [6, 6.07) is 8.66. The Morgan fingerprint density at radius 3 is 2.35 bits per heavy atom. The first-order valence-electron chi connectivity index (χ1n) is 8.05. The van der Waals surface area contributed by atoms with Crippen LogP contribution in [-0.2, 0) is 0 Å². The zero-order chi connectivity index (χ0) is 14.2.